The van der Waals surface area contributed by atoms with Gasteiger partial charge in [-0.05, 0) is 19.8 Å². The summed E-state index contributed by atoms with van der Waals surface area (Å²) in [6.45, 7) is 2.26. The summed E-state index contributed by atoms with van der Waals surface area (Å²) in [5, 5.41) is 1.23. The van der Waals surface area contributed by atoms with Crippen molar-refractivity contribution in [3.63, 3.8) is 0 Å². The summed E-state index contributed by atoms with van der Waals surface area (Å²) < 4.78 is 5.06. The second-order valence-corrected chi connectivity index (χ2v) is 5.33. The second-order valence-electron chi connectivity index (χ2n) is 4.05. The highest BCUT2D eigenvalue weighted by Crippen LogP contribution is 2.47. The maximum absolute atomic E-state index is 11.7. The molecule has 1 heterocycles. The van der Waals surface area contributed by atoms with Gasteiger partial charge >= 0.3 is 5.97 Å². The number of hydrogen-bond acceptors (Lipinski definition) is 4. The maximum atomic E-state index is 11.7. The third-order valence-electron chi connectivity index (χ3n) is 3.11. The second kappa shape index (κ2) is 4.47. The first-order chi connectivity index (χ1) is 7.24. The summed E-state index contributed by atoms with van der Waals surface area (Å²) in [6.07, 6.45) is 4.74. The van der Waals surface area contributed by atoms with Crippen LogP contribution in [0.5, 0.6) is 0 Å². The number of carbonyl (C=O) groups excluding carboxylic acids is 1. The van der Waals surface area contributed by atoms with Crippen molar-refractivity contribution in [1.82, 2.24) is 0 Å². The Balaban J connectivity index is 2.14. The molecule has 0 saturated heterocycles. The van der Waals surface area contributed by atoms with Gasteiger partial charge in [0.1, 0.15) is 0 Å². The summed E-state index contributed by atoms with van der Waals surface area (Å²) in [5.41, 5.74) is 6.67. The van der Waals surface area contributed by atoms with Crippen molar-refractivity contribution in [3.8, 4) is 0 Å². The molecule has 0 aromatic heterocycles. The lowest BCUT2D eigenvalue weighted by Gasteiger charge is -2.25. The Morgan fingerprint density at radius 2 is 2.27 bits per heavy atom. The van der Waals surface area contributed by atoms with E-state index >= 15 is 0 Å². The molecule has 1 aliphatic carbocycles. The van der Waals surface area contributed by atoms with Gasteiger partial charge in [0.15, 0.2) is 0 Å². The van der Waals surface area contributed by atoms with Gasteiger partial charge in [-0.25, -0.2) is 4.79 Å². The molecule has 2 atom stereocenters. The SMILES string of the molecule is CCOC(=O)C1=C(N)S[C@H]2CCCC[C@H]12. The molecule has 0 spiro atoms. The van der Waals surface area contributed by atoms with Gasteiger partial charge in [-0.2, -0.15) is 0 Å². The van der Waals surface area contributed by atoms with Crippen LogP contribution in [-0.4, -0.2) is 17.8 Å². The highest BCUT2D eigenvalue weighted by Gasteiger charge is 2.40. The van der Waals surface area contributed by atoms with Gasteiger partial charge in [0.05, 0.1) is 17.2 Å². The lowest BCUT2D eigenvalue weighted by atomic mass is 9.84. The molecule has 1 aliphatic heterocycles. The predicted octanol–water partition coefficient (Wildman–Crippen LogP) is 2.03. The number of rotatable bonds is 2. The quantitative estimate of drug-likeness (QED) is 0.733. The fourth-order valence-corrected chi connectivity index (χ4v) is 3.85. The summed E-state index contributed by atoms with van der Waals surface area (Å²) in [7, 11) is 0. The molecule has 84 valence electrons. The molecule has 4 heteroatoms. The van der Waals surface area contributed by atoms with Crippen LogP contribution < -0.4 is 5.73 Å². The number of hydrogen-bond donors (Lipinski definition) is 1. The van der Waals surface area contributed by atoms with Crippen LogP contribution in [0.2, 0.25) is 0 Å². The van der Waals surface area contributed by atoms with E-state index in [1.807, 2.05) is 6.92 Å². The third-order valence-corrected chi connectivity index (χ3v) is 4.45. The van der Waals surface area contributed by atoms with Crippen molar-refractivity contribution in [3.05, 3.63) is 10.6 Å². The zero-order valence-corrected chi connectivity index (χ0v) is 9.81. The summed E-state index contributed by atoms with van der Waals surface area (Å²) >= 11 is 1.67. The van der Waals surface area contributed by atoms with E-state index in [-0.39, 0.29) is 5.97 Å². The van der Waals surface area contributed by atoms with Crippen LogP contribution in [-0.2, 0) is 9.53 Å². The van der Waals surface area contributed by atoms with E-state index in [2.05, 4.69) is 0 Å². The Morgan fingerprint density at radius 1 is 1.53 bits per heavy atom. The number of ether oxygens (including phenoxy) is 1. The molecule has 0 bridgehead atoms. The highest BCUT2D eigenvalue weighted by atomic mass is 32.2. The number of fused-ring (bicyclic) bond motifs is 1. The topological polar surface area (TPSA) is 52.3 Å². The van der Waals surface area contributed by atoms with Crippen molar-refractivity contribution < 1.29 is 9.53 Å². The van der Waals surface area contributed by atoms with E-state index < -0.39 is 0 Å². The molecule has 3 nitrogen and oxygen atoms in total. The highest BCUT2D eigenvalue weighted by molar-refractivity contribution is 8.03. The molecule has 0 aromatic rings. The van der Waals surface area contributed by atoms with Gasteiger partial charge in [-0.1, -0.05) is 12.8 Å². The monoisotopic (exact) mass is 227 g/mol. The third kappa shape index (κ3) is 2.00. The van der Waals surface area contributed by atoms with E-state index in [0.717, 1.165) is 12.0 Å². The molecular formula is C11H17NO2S. The summed E-state index contributed by atoms with van der Waals surface area (Å²) in [4.78, 5) is 11.7. The largest absolute Gasteiger partial charge is 0.463 e. The number of thioether (sulfide) groups is 1. The average molecular weight is 227 g/mol. The zero-order chi connectivity index (χ0) is 10.8. The Hall–Kier alpha value is -0.640. The van der Waals surface area contributed by atoms with Crippen LogP contribution in [0.15, 0.2) is 10.6 Å². The van der Waals surface area contributed by atoms with Gasteiger partial charge in [0.25, 0.3) is 0 Å². The Kier molecular flexibility index (Phi) is 3.24. The van der Waals surface area contributed by atoms with Crippen molar-refractivity contribution in [2.24, 2.45) is 11.7 Å². The van der Waals surface area contributed by atoms with Crippen LogP contribution >= 0.6 is 11.8 Å². The normalized spacial score (nSPS) is 30.2. The molecular weight excluding hydrogens is 210 g/mol. The zero-order valence-electron chi connectivity index (χ0n) is 8.99. The molecule has 15 heavy (non-hydrogen) atoms. The average Bonchev–Trinajstić information content (AvgIpc) is 2.54. The maximum Gasteiger partial charge on any atom is 0.336 e. The lowest BCUT2D eigenvalue weighted by Crippen LogP contribution is -2.24. The molecule has 1 saturated carbocycles. The lowest BCUT2D eigenvalue weighted by molar-refractivity contribution is -0.139. The first kappa shape index (κ1) is 10.9. The minimum Gasteiger partial charge on any atom is -0.463 e. The molecule has 2 aliphatic rings. The first-order valence-electron chi connectivity index (χ1n) is 5.57. The molecule has 1 fully saturated rings. The molecule has 0 aromatic carbocycles. The van der Waals surface area contributed by atoms with Crippen molar-refractivity contribution in [2.45, 2.75) is 37.9 Å². The molecule has 0 unspecified atom stereocenters. The molecule has 0 amide bonds. The summed E-state index contributed by atoms with van der Waals surface area (Å²) in [6, 6.07) is 0. The van der Waals surface area contributed by atoms with E-state index in [1.54, 1.807) is 11.8 Å². The Labute approximate surface area is 94.4 Å². The van der Waals surface area contributed by atoms with Crippen LogP contribution in [0.3, 0.4) is 0 Å². The van der Waals surface area contributed by atoms with Gasteiger partial charge in [-0.3, -0.25) is 0 Å². The van der Waals surface area contributed by atoms with Gasteiger partial charge < -0.3 is 10.5 Å². The minimum absolute atomic E-state index is 0.197. The number of carbonyl (C=O) groups is 1. The number of nitrogens with two attached hydrogens (primary N) is 1. The molecule has 2 rings (SSSR count). The Bertz CT molecular complexity index is 301. The van der Waals surface area contributed by atoms with Gasteiger partial charge in [-0.15, -0.1) is 11.8 Å². The van der Waals surface area contributed by atoms with Crippen molar-refractivity contribution in [2.75, 3.05) is 6.61 Å². The standard InChI is InChI=1S/C11H17NO2S/c1-2-14-11(13)9-7-5-3-4-6-8(7)15-10(9)12/h7-8H,2-6,12H2,1H3/t7-,8-/m0/s1. The van der Waals surface area contributed by atoms with E-state index in [4.69, 9.17) is 10.5 Å². The smallest absolute Gasteiger partial charge is 0.336 e. The van der Waals surface area contributed by atoms with E-state index in [0.29, 0.717) is 22.8 Å². The first-order valence-corrected chi connectivity index (χ1v) is 6.45. The van der Waals surface area contributed by atoms with Crippen molar-refractivity contribution >= 4 is 17.7 Å². The van der Waals surface area contributed by atoms with E-state index in [1.165, 1.54) is 19.3 Å². The Morgan fingerprint density at radius 3 is 3.00 bits per heavy atom. The van der Waals surface area contributed by atoms with E-state index in [9.17, 15) is 4.79 Å². The number of esters is 1. The van der Waals surface area contributed by atoms with Crippen molar-refractivity contribution in [1.29, 1.82) is 0 Å². The fourth-order valence-electron chi connectivity index (χ4n) is 2.44. The predicted molar refractivity (Wildman–Crippen MR) is 61.2 cm³/mol. The minimum atomic E-state index is -0.197. The summed E-state index contributed by atoms with van der Waals surface area (Å²) in [5.74, 6) is 0.152. The molecule has 2 N–H and O–H groups in total. The van der Waals surface area contributed by atoms with Crippen LogP contribution in [0.1, 0.15) is 32.6 Å². The fraction of sp³-hybridized carbons (Fsp3) is 0.727. The molecule has 0 radical (unpaired) electrons. The van der Waals surface area contributed by atoms with Gasteiger partial charge in [0, 0.05) is 11.2 Å². The van der Waals surface area contributed by atoms with Crippen LogP contribution in [0, 0.1) is 5.92 Å². The van der Waals surface area contributed by atoms with Crippen LogP contribution in [0.4, 0.5) is 0 Å². The van der Waals surface area contributed by atoms with Crippen LogP contribution in [0.25, 0.3) is 0 Å². The van der Waals surface area contributed by atoms with Gasteiger partial charge in [0.2, 0.25) is 0 Å².